The summed E-state index contributed by atoms with van der Waals surface area (Å²) in [5.74, 6) is -0.156. The molecule has 0 aromatic heterocycles. The SMILES string of the molecule is Cc1cc(F)ccc1CN1CCCC(N)C1.Cl. The van der Waals surface area contributed by atoms with Crippen molar-refractivity contribution in [3.8, 4) is 0 Å². The zero-order chi connectivity index (χ0) is 11.5. The molecule has 2 N–H and O–H groups in total. The first kappa shape index (κ1) is 14.4. The van der Waals surface area contributed by atoms with Crippen LogP contribution in [0.4, 0.5) is 4.39 Å². The van der Waals surface area contributed by atoms with Gasteiger partial charge in [0.25, 0.3) is 0 Å². The number of likely N-dealkylation sites (tertiary alicyclic amines) is 1. The van der Waals surface area contributed by atoms with Crippen LogP contribution in [0.5, 0.6) is 0 Å². The van der Waals surface area contributed by atoms with Crippen LogP contribution < -0.4 is 5.73 Å². The molecule has 4 heteroatoms. The lowest BCUT2D eigenvalue weighted by Crippen LogP contribution is -2.42. The number of piperidine rings is 1. The molecule has 0 amide bonds. The average molecular weight is 259 g/mol. The van der Waals surface area contributed by atoms with Gasteiger partial charge in [0.2, 0.25) is 0 Å². The van der Waals surface area contributed by atoms with Gasteiger partial charge in [0.05, 0.1) is 0 Å². The van der Waals surface area contributed by atoms with Gasteiger partial charge >= 0.3 is 0 Å². The molecule has 0 radical (unpaired) electrons. The minimum atomic E-state index is -0.156. The number of rotatable bonds is 2. The van der Waals surface area contributed by atoms with Crippen molar-refractivity contribution in [3.05, 3.63) is 35.1 Å². The zero-order valence-corrected chi connectivity index (χ0v) is 11.0. The molecule has 1 fully saturated rings. The molecule has 1 aromatic carbocycles. The molecule has 1 atom stereocenters. The van der Waals surface area contributed by atoms with Gasteiger partial charge in [-0.05, 0) is 49.6 Å². The molecule has 2 rings (SSSR count). The first-order valence-electron chi connectivity index (χ1n) is 5.88. The van der Waals surface area contributed by atoms with E-state index >= 15 is 0 Å². The molecule has 0 spiro atoms. The highest BCUT2D eigenvalue weighted by molar-refractivity contribution is 5.85. The second-order valence-electron chi connectivity index (χ2n) is 4.71. The molecule has 0 bridgehead atoms. The van der Waals surface area contributed by atoms with E-state index in [1.165, 1.54) is 18.1 Å². The number of nitrogens with zero attached hydrogens (tertiary/aromatic N) is 1. The van der Waals surface area contributed by atoms with Crippen LogP contribution in [0, 0.1) is 12.7 Å². The maximum atomic E-state index is 13.0. The first-order chi connectivity index (χ1) is 7.65. The summed E-state index contributed by atoms with van der Waals surface area (Å²) in [5.41, 5.74) is 8.17. The Morgan fingerprint density at radius 1 is 1.47 bits per heavy atom. The Labute approximate surface area is 108 Å². The topological polar surface area (TPSA) is 29.3 Å². The maximum Gasteiger partial charge on any atom is 0.123 e. The quantitative estimate of drug-likeness (QED) is 0.883. The molecule has 1 aliphatic rings. The highest BCUT2D eigenvalue weighted by Gasteiger charge is 2.17. The minimum absolute atomic E-state index is 0. The predicted octanol–water partition coefficient (Wildman–Crippen LogP) is 2.48. The van der Waals surface area contributed by atoms with Crippen LogP contribution in [0.2, 0.25) is 0 Å². The lowest BCUT2D eigenvalue weighted by Gasteiger charge is -2.31. The lowest BCUT2D eigenvalue weighted by atomic mass is 10.0. The zero-order valence-electron chi connectivity index (χ0n) is 10.2. The van der Waals surface area contributed by atoms with E-state index in [9.17, 15) is 4.39 Å². The fourth-order valence-electron chi connectivity index (χ4n) is 2.31. The Balaban J connectivity index is 0.00000144. The third-order valence-corrected chi connectivity index (χ3v) is 3.24. The Hall–Kier alpha value is -0.640. The molecule has 1 unspecified atom stereocenters. The Morgan fingerprint density at radius 2 is 2.24 bits per heavy atom. The van der Waals surface area contributed by atoms with Crippen LogP contribution in [0.25, 0.3) is 0 Å². The van der Waals surface area contributed by atoms with Crippen molar-refractivity contribution in [2.75, 3.05) is 13.1 Å². The number of aryl methyl sites for hydroxylation is 1. The van der Waals surface area contributed by atoms with Crippen LogP contribution in [0.1, 0.15) is 24.0 Å². The molecular weight excluding hydrogens is 239 g/mol. The summed E-state index contributed by atoms with van der Waals surface area (Å²) >= 11 is 0. The Kier molecular flexibility index (Phi) is 5.37. The van der Waals surface area contributed by atoms with E-state index in [1.807, 2.05) is 13.0 Å². The monoisotopic (exact) mass is 258 g/mol. The Bertz CT molecular complexity index is 370. The minimum Gasteiger partial charge on any atom is -0.327 e. The van der Waals surface area contributed by atoms with Crippen LogP contribution >= 0.6 is 12.4 Å². The molecule has 2 nitrogen and oxygen atoms in total. The van der Waals surface area contributed by atoms with Gasteiger partial charge in [0.1, 0.15) is 5.82 Å². The molecule has 1 aliphatic heterocycles. The summed E-state index contributed by atoms with van der Waals surface area (Å²) in [7, 11) is 0. The standard InChI is InChI=1S/C13H19FN2.ClH/c1-10-7-12(14)5-4-11(10)8-16-6-2-3-13(15)9-16;/h4-5,7,13H,2-3,6,8-9,15H2,1H3;1H. The highest BCUT2D eigenvalue weighted by atomic mass is 35.5. The van der Waals surface area contributed by atoms with E-state index in [4.69, 9.17) is 5.73 Å². The van der Waals surface area contributed by atoms with Crippen molar-refractivity contribution < 1.29 is 4.39 Å². The van der Waals surface area contributed by atoms with Gasteiger partial charge < -0.3 is 5.73 Å². The third-order valence-electron chi connectivity index (χ3n) is 3.24. The number of hydrogen-bond acceptors (Lipinski definition) is 2. The molecule has 0 aliphatic carbocycles. The highest BCUT2D eigenvalue weighted by Crippen LogP contribution is 2.16. The van der Waals surface area contributed by atoms with Crippen LogP contribution in [0.3, 0.4) is 0 Å². The van der Waals surface area contributed by atoms with Gasteiger partial charge in [-0.3, -0.25) is 4.90 Å². The van der Waals surface area contributed by atoms with Crippen LogP contribution in [0.15, 0.2) is 18.2 Å². The molecule has 96 valence electrons. The molecular formula is C13H20ClFN2. The third kappa shape index (κ3) is 3.95. The molecule has 1 aromatic rings. The molecule has 0 saturated carbocycles. The van der Waals surface area contributed by atoms with Crippen molar-refractivity contribution in [1.82, 2.24) is 4.90 Å². The second kappa shape index (κ2) is 6.34. The maximum absolute atomic E-state index is 13.0. The van der Waals surface area contributed by atoms with E-state index in [0.717, 1.165) is 31.6 Å². The predicted molar refractivity (Wildman–Crippen MR) is 70.9 cm³/mol. The first-order valence-corrected chi connectivity index (χ1v) is 5.88. The fourth-order valence-corrected chi connectivity index (χ4v) is 2.31. The van der Waals surface area contributed by atoms with E-state index in [0.29, 0.717) is 6.04 Å². The van der Waals surface area contributed by atoms with Crippen LogP contribution in [-0.2, 0) is 6.54 Å². The van der Waals surface area contributed by atoms with Crippen molar-refractivity contribution >= 4 is 12.4 Å². The van der Waals surface area contributed by atoms with Gasteiger partial charge in [0.15, 0.2) is 0 Å². The number of halogens is 2. The summed E-state index contributed by atoms with van der Waals surface area (Å²) in [4.78, 5) is 2.36. The summed E-state index contributed by atoms with van der Waals surface area (Å²) in [6.07, 6.45) is 2.29. The van der Waals surface area contributed by atoms with Crippen LogP contribution in [-0.4, -0.2) is 24.0 Å². The van der Waals surface area contributed by atoms with E-state index in [-0.39, 0.29) is 18.2 Å². The van der Waals surface area contributed by atoms with E-state index < -0.39 is 0 Å². The summed E-state index contributed by atoms with van der Waals surface area (Å²) in [6, 6.07) is 5.31. The fraction of sp³-hybridized carbons (Fsp3) is 0.538. The summed E-state index contributed by atoms with van der Waals surface area (Å²) in [5, 5.41) is 0. The molecule has 1 saturated heterocycles. The second-order valence-corrected chi connectivity index (χ2v) is 4.71. The normalized spacial score (nSPS) is 21.0. The van der Waals surface area contributed by atoms with Gasteiger partial charge in [-0.1, -0.05) is 6.07 Å². The lowest BCUT2D eigenvalue weighted by molar-refractivity contribution is 0.201. The van der Waals surface area contributed by atoms with Crippen molar-refractivity contribution in [2.24, 2.45) is 5.73 Å². The average Bonchev–Trinajstić information content (AvgIpc) is 2.22. The molecule has 1 heterocycles. The Morgan fingerprint density at radius 3 is 2.88 bits per heavy atom. The smallest absolute Gasteiger partial charge is 0.123 e. The number of nitrogens with two attached hydrogens (primary N) is 1. The number of hydrogen-bond donors (Lipinski definition) is 1. The number of benzene rings is 1. The van der Waals surface area contributed by atoms with Gasteiger partial charge in [-0.15, -0.1) is 12.4 Å². The van der Waals surface area contributed by atoms with Crippen molar-refractivity contribution in [3.63, 3.8) is 0 Å². The van der Waals surface area contributed by atoms with Crippen molar-refractivity contribution in [1.29, 1.82) is 0 Å². The summed E-state index contributed by atoms with van der Waals surface area (Å²) < 4.78 is 13.0. The molecule has 17 heavy (non-hydrogen) atoms. The van der Waals surface area contributed by atoms with E-state index in [1.54, 1.807) is 6.07 Å². The summed E-state index contributed by atoms with van der Waals surface area (Å²) in [6.45, 7) is 4.91. The largest absolute Gasteiger partial charge is 0.327 e. The van der Waals surface area contributed by atoms with E-state index in [2.05, 4.69) is 4.90 Å². The van der Waals surface area contributed by atoms with Gasteiger partial charge in [-0.25, -0.2) is 4.39 Å². The van der Waals surface area contributed by atoms with Crippen molar-refractivity contribution in [2.45, 2.75) is 32.4 Å². The van der Waals surface area contributed by atoms with Gasteiger partial charge in [0, 0.05) is 19.1 Å². The van der Waals surface area contributed by atoms with Gasteiger partial charge in [-0.2, -0.15) is 0 Å².